The van der Waals surface area contributed by atoms with E-state index in [1.807, 2.05) is 26.0 Å². The SMILES string of the molecule is CCC(C#N)N=NN=NN=NC(C#N)CC. The highest BCUT2D eigenvalue weighted by Crippen LogP contribution is 1.98. The van der Waals surface area contributed by atoms with Crippen LogP contribution >= 0.6 is 0 Å². The van der Waals surface area contributed by atoms with Crippen LogP contribution in [0.3, 0.4) is 0 Å². The van der Waals surface area contributed by atoms with Crippen molar-refractivity contribution in [3.8, 4) is 12.1 Å². The second-order valence-corrected chi connectivity index (χ2v) is 2.70. The zero-order chi connectivity index (χ0) is 12.2. The van der Waals surface area contributed by atoms with Gasteiger partial charge in [0.2, 0.25) is 0 Å². The third-order valence-corrected chi connectivity index (χ3v) is 1.57. The summed E-state index contributed by atoms with van der Waals surface area (Å²) >= 11 is 0. The van der Waals surface area contributed by atoms with E-state index in [0.717, 1.165) is 0 Å². The van der Waals surface area contributed by atoms with Gasteiger partial charge in [0.1, 0.15) is 0 Å². The summed E-state index contributed by atoms with van der Waals surface area (Å²) in [5, 5.41) is 37.1. The van der Waals surface area contributed by atoms with Crippen molar-refractivity contribution in [1.82, 2.24) is 0 Å². The molecule has 0 aromatic heterocycles. The Morgan fingerprint density at radius 2 is 1.19 bits per heavy atom. The van der Waals surface area contributed by atoms with E-state index in [1.54, 1.807) is 0 Å². The molecule has 16 heavy (non-hydrogen) atoms. The van der Waals surface area contributed by atoms with Gasteiger partial charge in [0.15, 0.2) is 12.1 Å². The van der Waals surface area contributed by atoms with Gasteiger partial charge in [0, 0.05) is 0 Å². The molecule has 0 saturated heterocycles. The average Bonchev–Trinajstić information content (AvgIpc) is 2.33. The minimum Gasteiger partial charge on any atom is -0.196 e. The standard InChI is InChI=1S/C8H12N8/c1-3-7(5-9)11-13-15-16-14-12-8(4-2)6-10/h7-8H,3-4H2,1-2H3. The molecule has 0 N–H and O–H groups in total. The first kappa shape index (κ1) is 13.8. The van der Waals surface area contributed by atoms with Crippen LogP contribution in [0.15, 0.2) is 31.1 Å². The maximum Gasteiger partial charge on any atom is 0.159 e. The first-order valence-corrected chi connectivity index (χ1v) is 4.77. The lowest BCUT2D eigenvalue weighted by Gasteiger charge is -1.91. The van der Waals surface area contributed by atoms with Crippen LogP contribution in [-0.4, -0.2) is 12.1 Å². The second-order valence-electron chi connectivity index (χ2n) is 2.70. The van der Waals surface area contributed by atoms with E-state index < -0.39 is 12.1 Å². The molecule has 0 fully saturated rings. The Morgan fingerprint density at radius 3 is 1.44 bits per heavy atom. The molecular weight excluding hydrogens is 208 g/mol. The normalized spacial score (nSPS) is 15.2. The summed E-state index contributed by atoms with van der Waals surface area (Å²) < 4.78 is 0. The molecule has 0 saturated carbocycles. The summed E-state index contributed by atoms with van der Waals surface area (Å²) in [5.41, 5.74) is 0. The topological polar surface area (TPSA) is 122 Å². The van der Waals surface area contributed by atoms with Crippen molar-refractivity contribution in [2.24, 2.45) is 31.1 Å². The molecule has 2 atom stereocenters. The molecular formula is C8H12N8. The Labute approximate surface area is 93.4 Å². The lowest BCUT2D eigenvalue weighted by molar-refractivity contribution is 0.686. The molecule has 8 nitrogen and oxygen atoms in total. The van der Waals surface area contributed by atoms with Gasteiger partial charge in [-0.2, -0.15) is 10.5 Å². The summed E-state index contributed by atoms with van der Waals surface area (Å²) in [6.07, 6.45) is 1.12. The quantitative estimate of drug-likeness (QED) is 0.504. The summed E-state index contributed by atoms with van der Waals surface area (Å²) in [6, 6.07) is 2.81. The third-order valence-electron chi connectivity index (χ3n) is 1.57. The highest BCUT2D eigenvalue weighted by atomic mass is 15.6. The molecule has 0 aliphatic rings. The van der Waals surface area contributed by atoms with Crippen molar-refractivity contribution in [1.29, 1.82) is 10.5 Å². The molecule has 0 bridgehead atoms. The van der Waals surface area contributed by atoms with E-state index in [9.17, 15) is 0 Å². The van der Waals surface area contributed by atoms with Gasteiger partial charge in [-0.15, -0.1) is 10.2 Å². The molecule has 0 spiro atoms. The molecule has 8 heteroatoms. The fraction of sp³-hybridized carbons (Fsp3) is 0.750. The minimum absolute atomic E-state index is 0.515. The molecule has 0 rings (SSSR count). The van der Waals surface area contributed by atoms with Crippen LogP contribution in [-0.2, 0) is 0 Å². The van der Waals surface area contributed by atoms with Crippen LogP contribution in [0.4, 0.5) is 0 Å². The van der Waals surface area contributed by atoms with E-state index in [-0.39, 0.29) is 0 Å². The Kier molecular flexibility index (Phi) is 8.04. The maximum atomic E-state index is 8.51. The molecule has 2 unspecified atom stereocenters. The largest absolute Gasteiger partial charge is 0.196 e. The molecule has 0 heterocycles. The van der Waals surface area contributed by atoms with Crippen molar-refractivity contribution in [3.05, 3.63) is 0 Å². The number of hydrogen-bond acceptors (Lipinski definition) is 4. The van der Waals surface area contributed by atoms with Crippen molar-refractivity contribution in [2.45, 2.75) is 38.8 Å². The molecule has 0 aromatic rings. The Hall–Kier alpha value is -2.22. The van der Waals surface area contributed by atoms with Crippen molar-refractivity contribution in [3.63, 3.8) is 0 Å². The van der Waals surface area contributed by atoms with Crippen LogP contribution < -0.4 is 0 Å². The summed E-state index contributed by atoms with van der Waals surface area (Å²) in [4.78, 5) is 0. The van der Waals surface area contributed by atoms with Crippen LogP contribution in [0.5, 0.6) is 0 Å². The Bertz CT molecular complexity index is 310. The fourth-order valence-corrected chi connectivity index (χ4v) is 0.604. The van der Waals surface area contributed by atoms with E-state index >= 15 is 0 Å². The molecule has 0 amide bonds. The van der Waals surface area contributed by atoms with Crippen LogP contribution in [0, 0.1) is 22.7 Å². The average molecular weight is 220 g/mol. The lowest BCUT2D eigenvalue weighted by atomic mass is 10.3. The fourth-order valence-electron chi connectivity index (χ4n) is 0.604. The smallest absolute Gasteiger partial charge is 0.159 e. The Balaban J connectivity index is 4.04. The first-order valence-electron chi connectivity index (χ1n) is 4.77. The van der Waals surface area contributed by atoms with Gasteiger partial charge in [-0.25, -0.2) is 0 Å². The van der Waals surface area contributed by atoms with Crippen molar-refractivity contribution < 1.29 is 0 Å². The molecule has 0 aromatic carbocycles. The zero-order valence-electron chi connectivity index (χ0n) is 9.15. The van der Waals surface area contributed by atoms with Crippen molar-refractivity contribution in [2.75, 3.05) is 0 Å². The summed E-state index contributed by atoms with van der Waals surface area (Å²) in [7, 11) is 0. The molecule has 0 aliphatic carbocycles. The third kappa shape index (κ3) is 6.27. The number of hydrogen-bond donors (Lipinski definition) is 0. The highest BCUT2D eigenvalue weighted by Gasteiger charge is 1.99. The zero-order valence-corrected chi connectivity index (χ0v) is 9.15. The van der Waals surface area contributed by atoms with Gasteiger partial charge in [0.05, 0.1) is 12.1 Å². The Morgan fingerprint density at radius 1 is 0.812 bits per heavy atom. The summed E-state index contributed by atoms with van der Waals surface area (Å²) in [5.74, 6) is 0. The van der Waals surface area contributed by atoms with Crippen LogP contribution in [0.2, 0.25) is 0 Å². The molecule has 84 valence electrons. The second kappa shape index (κ2) is 9.34. The number of rotatable bonds is 6. The predicted octanol–water partition coefficient (Wildman–Crippen LogP) is 2.78. The molecule has 0 aliphatic heterocycles. The van der Waals surface area contributed by atoms with E-state index in [4.69, 9.17) is 10.5 Å². The number of nitriles is 2. The van der Waals surface area contributed by atoms with Gasteiger partial charge >= 0.3 is 0 Å². The minimum atomic E-state index is -0.515. The van der Waals surface area contributed by atoms with E-state index in [1.165, 1.54) is 0 Å². The van der Waals surface area contributed by atoms with Gasteiger partial charge in [-0.1, -0.05) is 13.8 Å². The van der Waals surface area contributed by atoms with E-state index in [0.29, 0.717) is 12.8 Å². The molecule has 0 radical (unpaired) electrons. The van der Waals surface area contributed by atoms with Gasteiger partial charge < -0.3 is 0 Å². The van der Waals surface area contributed by atoms with Gasteiger partial charge in [-0.05, 0) is 33.7 Å². The maximum absolute atomic E-state index is 8.51. The lowest BCUT2D eigenvalue weighted by Crippen LogP contribution is -1.95. The highest BCUT2D eigenvalue weighted by molar-refractivity contribution is 4.87. The van der Waals surface area contributed by atoms with Crippen LogP contribution in [0.25, 0.3) is 0 Å². The first-order chi connectivity index (χ1) is 7.78. The number of nitrogens with zero attached hydrogens (tertiary/aromatic N) is 8. The summed E-state index contributed by atoms with van der Waals surface area (Å²) in [6.45, 7) is 3.62. The van der Waals surface area contributed by atoms with Gasteiger partial charge in [0.25, 0.3) is 0 Å². The van der Waals surface area contributed by atoms with Crippen LogP contribution in [0.1, 0.15) is 26.7 Å². The van der Waals surface area contributed by atoms with Gasteiger partial charge in [-0.3, -0.25) is 0 Å². The van der Waals surface area contributed by atoms with Crippen molar-refractivity contribution >= 4 is 0 Å². The van der Waals surface area contributed by atoms with E-state index in [2.05, 4.69) is 31.1 Å². The predicted molar refractivity (Wildman–Crippen MR) is 54.0 cm³/mol. The monoisotopic (exact) mass is 220 g/mol.